The van der Waals surface area contributed by atoms with Gasteiger partial charge in [-0.25, -0.2) is 0 Å². The number of halogens is 1. The van der Waals surface area contributed by atoms with E-state index in [9.17, 15) is 0 Å². The maximum absolute atomic E-state index is 6.01. The second-order valence-corrected chi connectivity index (χ2v) is 7.84. The van der Waals surface area contributed by atoms with E-state index >= 15 is 0 Å². The van der Waals surface area contributed by atoms with Crippen LogP contribution in [-0.2, 0) is 6.42 Å². The fourth-order valence-corrected chi connectivity index (χ4v) is 3.60. The van der Waals surface area contributed by atoms with E-state index in [1.54, 1.807) is 11.3 Å². The van der Waals surface area contributed by atoms with Crippen molar-refractivity contribution in [3.63, 3.8) is 0 Å². The Kier molecular flexibility index (Phi) is 5.86. The molecule has 2 unspecified atom stereocenters. The molecule has 1 aromatic heterocycles. The van der Waals surface area contributed by atoms with Crippen LogP contribution < -0.4 is 5.32 Å². The van der Waals surface area contributed by atoms with Gasteiger partial charge in [0.1, 0.15) is 0 Å². The topological polar surface area (TPSA) is 12.0 Å². The Bertz CT molecular complexity index is 559. The van der Waals surface area contributed by atoms with Crippen molar-refractivity contribution in [2.75, 3.05) is 0 Å². The van der Waals surface area contributed by atoms with Crippen molar-refractivity contribution in [2.45, 2.75) is 46.2 Å². The highest BCUT2D eigenvalue weighted by atomic mass is 35.5. The van der Waals surface area contributed by atoms with E-state index in [4.69, 9.17) is 11.6 Å². The molecule has 1 aromatic carbocycles. The molecule has 0 bridgehead atoms. The summed E-state index contributed by atoms with van der Waals surface area (Å²) in [5, 5.41) is 3.64. The van der Waals surface area contributed by atoms with E-state index in [0.29, 0.717) is 18.0 Å². The quantitative estimate of drug-likeness (QED) is 0.686. The first-order valence-corrected chi connectivity index (χ1v) is 8.75. The molecule has 0 saturated heterocycles. The summed E-state index contributed by atoms with van der Waals surface area (Å²) in [4.78, 5) is 1.28. The van der Waals surface area contributed by atoms with Crippen LogP contribution in [0.4, 0.5) is 0 Å². The van der Waals surface area contributed by atoms with Gasteiger partial charge in [-0.15, -0.1) is 11.3 Å². The zero-order chi connectivity index (χ0) is 15.4. The molecule has 1 N–H and O–H groups in total. The Hall–Kier alpha value is -0.830. The third kappa shape index (κ3) is 4.84. The molecule has 0 aliphatic rings. The summed E-state index contributed by atoms with van der Waals surface area (Å²) >= 11 is 7.65. The molecule has 0 spiro atoms. The number of benzene rings is 1. The van der Waals surface area contributed by atoms with E-state index in [1.807, 2.05) is 6.07 Å². The van der Waals surface area contributed by atoms with Crippen LogP contribution in [0, 0.1) is 5.92 Å². The third-order valence-corrected chi connectivity index (χ3v) is 5.06. The number of nitrogens with one attached hydrogen (secondary N) is 1. The van der Waals surface area contributed by atoms with Gasteiger partial charge in [-0.05, 0) is 49.4 Å². The Balaban J connectivity index is 1.98. The first-order valence-electron chi connectivity index (χ1n) is 7.56. The SMILES string of the molecule is CC(C)Cc1ccc(C(C)NC(C)c2ccc(Cl)s2)cc1. The van der Waals surface area contributed by atoms with Crippen molar-refractivity contribution >= 4 is 22.9 Å². The van der Waals surface area contributed by atoms with E-state index in [0.717, 1.165) is 10.8 Å². The van der Waals surface area contributed by atoms with Gasteiger partial charge in [0.25, 0.3) is 0 Å². The molecule has 0 radical (unpaired) electrons. The fraction of sp³-hybridized carbons (Fsp3) is 0.444. The standard InChI is InChI=1S/C18H24ClNS/c1-12(2)11-15-5-7-16(8-6-15)13(3)20-14(4)17-9-10-18(19)21-17/h5-10,12-14,20H,11H2,1-4H3. The summed E-state index contributed by atoms with van der Waals surface area (Å²) < 4.78 is 0.851. The van der Waals surface area contributed by atoms with Crippen LogP contribution in [0.25, 0.3) is 0 Å². The summed E-state index contributed by atoms with van der Waals surface area (Å²) in [6.45, 7) is 8.91. The summed E-state index contributed by atoms with van der Waals surface area (Å²) in [7, 11) is 0. The van der Waals surface area contributed by atoms with Crippen molar-refractivity contribution in [3.05, 3.63) is 56.7 Å². The molecule has 21 heavy (non-hydrogen) atoms. The van der Waals surface area contributed by atoms with Crippen LogP contribution >= 0.6 is 22.9 Å². The average molecular weight is 322 g/mol. The Morgan fingerprint density at radius 1 is 0.952 bits per heavy atom. The molecule has 2 atom stereocenters. The number of thiophene rings is 1. The molecule has 2 aromatic rings. The Labute approximate surface area is 137 Å². The first-order chi connectivity index (χ1) is 9.95. The van der Waals surface area contributed by atoms with E-state index in [1.165, 1.54) is 16.0 Å². The van der Waals surface area contributed by atoms with Gasteiger partial charge in [0, 0.05) is 17.0 Å². The summed E-state index contributed by atoms with van der Waals surface area (Å²) in [6.07, 6.45) is 1.15. The van der Waals surface area contributed by atoms with Crippen LogP contribution in [0.15, 0.2) is 36.4 Å². The van der Waals surface area contributed by atoms with E-state index in [2.05, 4.69) is 63.3 Å². The summed E-state index contributed by atoms with van der Waals surface area (Å²) in [5.74, 6) is 0.704. The molecular weight excluding hydrogens is 298 g/mol. The van der Waals surface area contributed by atoms with Gasteiger partial charge in [0.2, 0.25) is 0 Å². The summed E-state index contributed by atoms with van der Waals surface area (Å²) in [5.41, 5.74) is 2.75. The van der Waals surface area contributed by atoms with Gasteiger partial charge in [-0.3, -0.25) is 0 Å². The molecular formula is C18H24ClNS. The number of hydrogen-bond acceptors (Lipinski definition) is 2. The van der Waals surface area contributed by atoms with Crippen LogP contribution in [0.3, 0.4) is 0 Å². The second-order valence-electron chi connectivity index (χ2n) is 6.09. The van der Waals surface area contributed by atoms with Crippen LogP contribution in [0.2, 0.25) is 4.34 Å². The molecule has 0 aliphatic carbocycles. The van der Waals surface area contributed by atoms with Crippen molar-refractivity contribution in [3.8, 4) is 0 Å². The largest absolute Gasteiger partial charge is 0.303 e. The lowest BCUT2D eigenvalue weighted by molar-refractivity contribution is 0.500. The van der Waals surface area contributed by atoms with E-state index < -0.39 is 0 Å². The van der Waals surface area contributed by atoms with Crippen molar-refractivity contribution < 1.29 is 0 Å². The molecule has 2 rings (SSSR count). The minimum absolute atomic E-state index is 0.313. The Morgan fingerprint density at radius 3 is 2.14 bits per heavy atom. The average Bonchev–Trinajstić information content (AvgIpc) is 2.85. The smallest absolute Gasteiger partial charge is 0.0931 e. The first kappa shape index (κ1) is 16.5. The van der Waals surface area contributed by atoms with Crippen molar-refractivity contribution in [1.29, 1.82) is 0 Å². The molecule has 114 valence electrons. The van der Waals surface area contributed by atoms with Crippen LogP contribution in [-0.4, -0.2) is 0 Å². The van der Waals surface area contributed by atoms with Gasteiger partial charge in [0.05, 0.1) is 4.34 Å². The van der Waals surface area contributed by atoms with E-state index in [-0.39, 0.29) is 0 Å². The van der Waals surface area contributed by atoms with Crippen LogP contribution in [0.5, 0.6) is 0 Å². The lowest BCUT2D eigenvalue weighted by Gasteiger charge is -2.20. The molecule has 0 fully saturated rings. The van der Waals surface area contributed by atoms with Gasteiger partial charge in [0.15, 0.2) is 0 Å². The lowest BCUT2D eigenvalue weighted by Crippen LogP contribution is -2.21. The highest BCUT2D eigenvalue weighted by molar-refractivity contribution is 7.16. The normalized spacial score (nSPS) is 14.4. The zero-order valence-corrected chi connectivity index (χ0v) is 14.8. The molecule has 0 amide bonds. The molecule has 1 heterocycles. The minimum Gasteiger partial charge on any atom is -0.303 e. The highest BCUT2D eigenvalue weighted by Gasteiger charge is 2.13. The molecule has 1 nitrogen and oxygen atoms in total. The van der Waals surface area contributed by atoms with Gasteiger partial charge in [-0.1, -0.05) is 49.7 Å². The lowest BCUT2D eigenvalue weighted by atomic mass is 9.99. The maximum atomic E-state index is 6.01. The number of hydrogen-bond donors (Lipinski definition) is 1. The highest BCUT2D eigenvalue weighted by Crippen LogP contribution is 2.28. The molecule has 0 aliphatic heterocycles. The molecule has 0 saturated carbocycles. The van der Waals surface area contributed by atoms with Gasteiger partial charge >= 0.3 is 0 Å². The Morgan fingerprint density at radius 2 is 1.62 bits per heavy atom. The fourth-order valence-electron chi connectivity index (χ4n) is 2.53. The monoisotopic (exact) mass is 321 g/mol. The zero-order valence-electron chi connectivity index (χ0n) is 13.2. The molecule has 3 heteroatoms. The minimum atomic E-state index is 0.313. The predicted molar refractivity (Wildman–Crippen MR) is 94.3 cm³/mol. The maximum Gasteiger partial charge on any atom is 0.0931 e. The third-order valence-electron chi connectivity index (χ3n) is 3.64. The predicted octanol–water partition coefficient (Wildman–Crippen LogP) is 6.01. The second kappa shape index (κ2) is 7.44. The van der Waals surface area contributed by atoms with Crippen molar-refractivity contribution in [1.82, 2.24) is 5.32 Å². The van der Waals surface area contributed by atoms with Crippen molar-refractivity contribution in [2.24, 2.45) is 5.92 Å². The number of rotatable bonds is 6. The summed E-state index contributed by atoms with van der Waals surface area (Å²) in [6, 6.07) is 13.7. The van der Waals surface area contributed by atoms with Gasteiger partial charge < -0.3 is 5.32 Å². The van der Waals surface area contributed by atoms with Gasteiger partial charge in [-0.2, -0.15) is 0 Å². The van der Waals surface area contributed by atoms with Crippen LogP contribution in [0.1, 0.15) is 55.8 Å².